The van der Waals surface area contributed by atoms with E-state index in [1.54, 1.807) is 13.0 Å². The summed E-state index contributed by atoms with van der Waals surface area (Å²) in [6.45, 7) is 1.70. The molecular formula is C4H9FNO2P. The summed E-state index contributed by atoms with van der Waals surface area (Å²) in [6, 6.07) is 0. The maximum atomic E-state index is 11.8. The zero-order chi connectivity index (χ0) is 7.33. The molecule has 3 nitrogen and oxygen atoms in total. The number of allylic oxidation sites excluding steroid dienone is 1. The van der Waals surface area contributed by atoms with Crippen LogP contribution in [0.1, 0.15) is 6.92 Å². The average molecular weight is 153 g/mol. The molecule has 0 saturated heterocycles. The number of halogens is 1. The smallest absolute Gasteiger partial charge is 0.290 e. The third kappa shape index (κ3) is 7.82. The molecule has 0 aliphatic heterocycles. The summed E-state index contributed by atoms with van der Waals surface area (Å²) in [6.07, 6.45) is 3.16. The zero-order valence-electron chi connectivity index (χ0n) is 5.08. The van der Waals surface area contributed by atoms with Gasteiger partial charge in [0.1, 0.15) is 0 Å². The fourth-order valence-electron chi connectivity index (χ4n) is 0.241. The largest absolute Gasteiger partial charge is 0.440 e. The van der Waals surface area contributed by atoms with Crippen LogP contribution in [0.3, 0.4) is 0 Å². The number of nitrogens with two attached hydrogens (primary N) is 1. The monoisotopic (exact) mass is 153 g/mol. The Kier molecular flexibility index (Phi) is 3.70. The Morgan fingerprint density at radius 3 is 2.78 bits per heavy atom. The van der Waals surface area contributed by atoms with Crippen molar-refractivity contribution < 1.29 is 13.3 Å². The van der Waals surface area contributed by atoms with Crippen molar-refractivity contribution in [1.82, 2.24) is 0 Å². The first kappa shape index (κ1) is 8.82. The van der Waals surface area contributed by atoms with Crippen LogP contribution in [0.4, 0.5) is 4.20 Å². The van der Waals surface area contributed by atoms with E-state index in [9.17, 15) is 8.76 Å². The molecule has 0 saturated carbocycles. The normalized spacial score (nSPS) is 18.1. The summed E-state index contributed by atoms with van der Waals surface area (Å²) in [5, 5.41) is 0. The van der Waals surface area contributed by atoms with Crippen LogP contribution in [0.25, 0.3) is 0 Å². The summed E-state index contributed by atoms with van der Waals surface area (Å²) < 4.78 is 25.8. The molecule has 0 radical (unpaired) electrons. The fraction of sp³-hybridized carbons (Fsp3) is 0.500. The van der Waals surface area contributed by atoms with Gasteiger partial charge in [-0.15, -0.1) is 4.20 Å². The molecule has 1 atom stereocenters. The van der Waals surface area contributed by atoms with Gasteiger partial charge in [0, 0.05) is 0 Å². The van der Waals surface area contributed by atoms with E-state index in [0.29, 0.717) is 0 Å². The van der Waals surface area contributed by atoms with Gasteiger partial charge in [-0.05, 0) is 6.92 Å². The van der Waals surface area contributed by atoms with Crippen molar-refractivity contribution in [2.45, 2.75) is 6.92 Å². The molecule has 0 amide bonds. The van der Waals surface area contributed by atoms with E-state index in [4.69, 9.17) is 0 Å². The second-order valence-electron chi connectivity index (χ2n) is 1.39. The molecule has 0 aromatic rings. The number of rotatable bonds is 3. The van der Waals surface area contributed by atoms with Gasteiger partial charge in [0.15, 0.2) is 0 Å². The predicted octanol–water partition coefficient (Wildman–Crippen LogP) is 1.62. The highest BCUT2D eigenvalue weighted by Gasteiger charge is 2.11. The Hall–Kier alpha value is -0.180. The molecule has 0 aliphatic rings. The molecule has 0 fully saturated rings. The molecule has 0 aromatic heterocycles. The maximum absolute atomic E-state index is 11.8. The molecule has 0 aliphatic carbocycles. The van der Waals surface area contributed by atoms with Gasteiger partial charge in [-0.3, -0.25) is 4.52 Å². The molecule has 5 heteroatoms. The van der Waals surface area contributed by atoms with Crippen molar-refractivity contribution in [2.75, 3.05) is 6.61 Å². The summed E-state index contributed by atoms with van der Waals surface area (Å²) in [5.74, 6) is 0. The predicted molar refractivity (Wildman–Crippen MR) is 33.7 cm³/mol. The molecular weight excluding hydrogens is 144 g/mol. The molecule has 54 valence electrons. The van der Waals surface area contributed by atoms with Gasteiger partial charge in [0.25, 0.3) is 0 Å². The van der Waals surface area contributed by atoms with E-state index >= 15 is 0 Å². The SMILES string of the molecule is C/C=C/COP(N)(=O)F. The molecule has 9 heavy (non-hydrogen) atoms. The van der Waals surface area contributed by atoms with E-state index < -0.39 is 7.83 Å². The van der Waals surface area contributed by atoms with Crippen LogP contribution in [0.5, 0.6) is 0 Å². The third-order valence-corrected chi connectivity index (χ3v) is 1.08. The fourth-order valence-corrected chi connectivity index (χ4v) is 0.530. The van der Waals surface area contributed by atoms with Crippen LogP contribution in [0.2, 0.25) is 0 Å². The van der Waals surface area contributed by atoms with E-state index in [0.717, 1.165) is 0 Å². The highest BCUT2D eigenvalue weighted by molar-refractivity contribution is 7.50. The lowest BCUT2D eigenvalue weighted by Crippen LogP contribution is -1.93. The van der Waals surface area contributed by atoms with E-state index in [1.807, 2.05) is 0 Å². The van der Waals surface area contributed by atoms with Gasteiger partial charge in [-0.25, -0.2) is 10.1 Å². The summed E-state index contributed by atoms with van der Waals surface area (Å²) >= 11 is 0. The minimum absolute atomic E-state index is 0.0409. The minimum atomic E-state index is -4.25. The van der Waals surface area contributed by atoms with Gasteiger partial charge in [0.05, 0.1) is 6.61 Å². The van der Waals surface area contributed by atoms with Crippen molar-refractivity contribution in [2.24, 2.45) is 5.50 Å². The summed E-state index contributed by atoms with van der Waals surface area (Å²) in [4.78, 5) is 0. The van der Waals surface area contributed by atoms with Crippen molar-refractivity contribution in [3.8, 4) is 0 Å². The third-order valence-electron chi connectivity index (χ3n) is 0.582. The zero-order valence-corrected chi connectivity index (χ0v) is 5.98. The first-order valence-electron chi connectivity index (χ1n) is 2.40. The van der Waals surface area contributed by atoms with Crippen LogP contribution in [0, 0.1) is 0 Å². The highest BCUT2D eigenvalue weighted by Crippen LogP contribution is 2.38. The van der Waals surface area contributed by atoms with Crippen LogP contribution < -0.4 is 5.50 Å². The van der Waals surface area contributed by atoms with Gasteiger partial charge in [-0.1, -0.05) is 12.2 Å². The summed E-state index contributed by atoms with van der Waals surface area (Å²) in [7, 11) is -4.25. The standard InChI is InChI=1S/C4H9FNO2P/c1-2-3-4-8-9(5,6)7/h2-3H,4H2,1H3,(H2,6,7)/b3-2+. The minimum Gasteiger partial charge on any atom is -0.290 e. The van der Waals surface area contributed by atoms with Crippen molar-refractivity contribution in [1.29, 1.82) is 0 Å². The lowest BCUT2D eigenvalue weighted by molar-refractivity contribution is 0.321. The molecule has 0 heterocycles. The second-order valence-corrected chi connectivity index (χ2v) is 2.69. The van der Waals surface area contributed by atoms with Crippen LogP contribution in [-0.4, -0.2) is 6.61 Å². The molecule has 0 aromatic carbocycles. The van der Waals surface area contributed by atoms with Crippen molar-refractivity contribution >= 4 is 7.83 Å². The quantitative estimate of drug-likeness (QED) is 0.495. The number of hydrogen-bond acceptors (Lipinski definition) is 2. The average Bonchev–Trinajstić information content (AvgIpc) is 1.63. The molecule has 2 N–H and O–H groups in total. The Bertz CT molecular complexity index is 142. The van der Waals surface area contributed by atoms with Crippen LogP contribution in [-0.2, 0) is 9.09 Å². The maximum Gasteiger partial charge on any atom is 0.440 e. The highest BCUT2D eigenvalue weighted by atomic mass is 31.2. The molecule has 0 rings (SSSR count). The Morgan fingerprint density at radius 2 is 2.44 bits per heavy atom. The van der Waals surface area contributed by atoms with Crippen molar-refractivity contribution in [3.05, 3.63) is 12.2 Å². The first-order chi connectivity index (χ1) is 4.06. The molecule has 0 spiro atoms. The van der Waals surface area contributed by atoms with E-state index in [1.165, 1.54) is 6.08 Å². The lowest BCUT2D eigenvalue weighted by Gasteiger charge is -1.98. The van der Waals surface area contributed by atoms with Gasteiger partial charge in [-0.2, -0.15) is 0 Å². The topological polar surface area (TPSA) is 52.3 Å². The van der Waals surface area contributed by atoms with Gasteiger partial charge >= 0.3 is 7.83 Å². The Morgan fingerprint density at radius 1 is 1.89 bits per heavy atom. The van der Waals surface area contributed by atoms with Gasteiger partial charge in [0.2, 0.25) is 0 Å². The Balaban J connectivity index is 3.40. The van der Waals surface area contributed by atoms with Crippen molar-refractivity contribution in [3.63, 3.8) is 0 Å². The first-order valence-corrected chi connectivity index (χ1v) is 3.98. The number of hydrogen-bond donors (Lipinski definition) is 1. The van der Waals surface area contributed by atoms with Crippen LogP contribution in [0.15, 0.2) is 12.2 Å². The van der Waals surface area contributed by atoms with Crippen LogP contribution >= 0.6 is 7.83 Å². The molecule has 0 bridgehead atoms. The van der Waals surface area contributed by atoms with E-state index in [-0.39, 0.29) is 6.61 Å². The second kappa shape index (κ2) is 3.77. The lowest BCUT2D eigenvalue weighted by atomic mass is 10.6. The van der Waals surface area contributed by atoms with Gasteiger partial charge < -0.3 is 0 Å². The Labute approximate surface area is 53.3 Å². The summed E-state index contributed by atoms with van der Waals surface area (Å²) in [5.41, 5.74) is 4.41. The van der Waals surface area contributed by atoms with E-state index in [2.05, 4.69) is 10.0 Å². The molecule has 1 unspecified atom stereocenters.